The van der Waals surface area contributed by atoms with Crippen molar-refractivity contribution in [3.05, 3.63) is 129 Å². The van der Waals surface area contributed by atoms with Crippen LogP contribution in [0.25, 0.3) is 11.8 Å². The van der Waals surface area contributed by atoms with E-state index in [0.29, 0.717) is 0 Å². The zero-order chi connectivity index (χ0) is 23.9. The Hall–Kier alpha value is -3.51. The van der Waals surface area contributed by atoms with Crippen LogP contribution in [0.3, 0.4) is 0 Å². The molecule has 0 saturated carbocycles. The van der Waals surface area contributed by atoms with Gasteiger partial charge in [0, 0.05) is 5.41 Å². The van der Waals surface area contributed by atoms with E-state index in [1.807, 2.05) is 17.5 Å². The molecular weight excluding hydrogens is 465 g/mol. The summed E-state index contributed by atoms with van der Waals surface area (Å²) in [5.74, 6) is -0.823. The number of thioether (sulfide) groups is 1. The summed E-state index contributed by atoms with van der Waals surface area (Å²) in [6.45, 7) is 0. The molecule has 0 radical (unpaired) electrons. The maximum absolute atomic E-state index is 13.8. The Labute approximate surface area is 206 Å². The number of allylic oxidation sites excluding steroid dienone is 1. The van der Waals surface area contributed by atoms with E-state index in [1.165, 1.54) is 53.7 Å². The Kier molecular flexibility index (Phi) is 5.61. The molecule has 0 aromatic heterocycles. The summed E-state index contributed by atoms with van der Waals surface area (Å²) < 4.78 is 40.9. The van der Waals surface area contributed by atoms with E-state index in [0.717, 1.165) is 58.1 Å². The SMILES string of the molecule is Fc1ccc(/C=C2\CCCC3=C2N=C2SC=C(c4ccc(F)cc4)N2[C@@H]3c2ccc(F)cc2)cc1. The van der Waals surface area contributed by atoms with Crippen LogP contribution in [0.4, 0.5) is 13.2 Å². The monoisotopic (exact) mass is 486 g/mol. The van der Waals surface area contributed by atoms with Crippen LogP contribution in [0.15, 0.2) is 100 Å². The molecule has 2 aliphatic heterocycles. The van der Waals surface area contributed by atoms with Gasteiger partial charge in [-0.05, 0) is 102 Å². The zero-order valence-electron chi connectivity index (χ0n) is 18.7. The Morgan fingerprint density at radius 1 is 0.800 bits per heavy atom. The molecule has 0 bridgehead atoms. The van der Waals surface area contributed by atoms with Gasteiger partial charge in [0.15, 0.2) is 5.17 Å². The first kappa shape index (κ1) is 22.0. The largest absolute Gasteiger partial charge is 0.308 e. The lowest BCUT2D eigenvalue weighted by Gasteiger charge is -2.40. The third-order valence-corrected chi connectivity index (χ3v) is 7.41. The van der Waals surface area contributed by atoms with Crippen LogP contribution in [0.2, 0.25) is 0 Å². The smallest absolute Gasteiger partial charge is 0.174 e. The van der Waals surface area contributed by atoms with Gasteiger partial charge in [0.1, 0.15) is 17.5 Å². The van der Waals surface area contributed by atoms with Crippen molar-refractivity contribution in [1.29, 1.82) is 0 Å². The molecule has 3 aromatic carbocycles. The predicted octanol–water partition coefficient (Wildman–Crippen LogP) is 8.08. The number of nitrogens with zero attached hydrogens (tertiary/aromatic N) is 2. The van der Waals surface area contributed by atoms with Crippen LogP contribution in [0.1, 0.15) is 42.0 Å². The number of hydrogen-bond acceptors (Lipinski definition) is 3. The average Bonchev–Trinajstić information content (AvgIpc) is 3.29. The van der Waals surface area contributed by atoms with Gasteiger partial charge in [-0.15, -0.1) is 0 Å². The predicted molar refractivity (Wildman–Crippen MR) is 136 cm³/mol. The number of aliphatic imine (C=N–C) groups is 1. The zero-order valence-corrected chi connectivity index (χ0v) is 19.5. The summed E-state index contributed by atoms with van der Waals surface area (Å²) in [7, 11) is 0. The van der Waals surface area contributed by atoms with E-state index >= 15 is 0 Å². The first-order chi connectivity index (χ1) is 17.1. The van der Waals surface area contributed by atoms with Crippen molar-refractivity contribution in [2.75, 3.05) is 0 Å². The summed E-state index contributed by atoms with van der Waals surface area (Å²) in [6.07, 6.45) is 4.80. The van der Waals surface area contributed by atoms with Crippen molar-refractivity contribution in [1.82, 2.24) is 4.90 Å². The number of fused-ring (bicyclic) bond motifs is 1. The topological polar surface area (TPSA) is 15.6 Å². The number of halogens is 3. The first-order valence-electron chi connectivity index (χ1n) is 11.5. The minimum atomic E-state index is -0.282. The molecule has 6 heteroatoms. The second-order valence-corrected chi connectivity index (χ2v) is 9.63. The molecule has 1 atom stereocenters. The van der Waals surface area contributed by atoms with Crippen LogP contribution in [0.5, 0.6) is 0 Å². The molecule has 0 N–H and O–H groups in total. The fourth-order valence-corrected chi connectivity index (χ4v) is 5.88. The molecule has 174 valence electrons. The quantitative estimate of drug-likeness (QED) is 0.372. The highest BCUT2D eigenvalue weighted by atomic mass is 32.2. The second-order valence-electron chi connectivity index (χ2n) is 8.79. The summed E-state index contributed by atoms with van der Waals surface area (Å²) in [5.41, 5.74) is 7.01. The Balaban J connectivity index is 1.48. The van der Waals surface area contributed by atoms with Crippen molar-refractivity contribution in [3.8, 4) is 0 Å². The minimum Gasteiger partial charge on any atom is -0.308 e. The summed E-state index contributed by atoms with van der Waals surface area (Å²) in [6, 6.07) is 19.4. The van der Waals surface area contributed by atoms with Gasteiger partial charge in [-0.3, -0.25) is 0 Å². The van der Waals surface area contributed by atoms with Gasteiger partial charge in [-0.1, -0.05) is 36.0 Å². The van der Waals surface area contributed by atoms with Crippen LogP contribution >= 0.6 is 11.8 Å². The summed E-state index contributed by atoms with van der Waals surface area (Å²) in [4.78, 5) is 7.28. The molecule has 0 unspecified atom stereocenters. The Bertz CT molecular complexity index is 1400. The fraction of sp³-hybridized carbons (Fsp3) is 0.138. The number of rotatable bonds is 3. The lowest BCUT2D eigenvalue weighted by molar-refractivity contribution is 0.457. The average molecular weight is 487 g/mol. The minimum absolute atomic E-state index is 0.152. The highest BCUT2D eigenvalue weighted by Crippen LogP contribution is 2.51. The van der Waals surface area contributed by atoms with Crippen LogP contribution in [0, 0.1) is 17.5 Å². The molecular formula is C29H21F3N2S. The van der Waals surface area contributed by atoms with E-state index in [4.69, 9.17) is 4.99 Å². The lowest BCUT2D eigenvalue weighted by atomic mass is 9.82. The van der Waals surface area contributed by atoms with E-state index in [9.17, 15) is 13.2 Å². The lowest BCUT2D eigenvalue weighted by Crippen LogP contribution is -2.34. The van der Waals surface area contributed by atoms with Crippen LogP contribution < -0.4 is 0 Å². The van der Waals surface area contributed by atoms with Crippen molar-refractivity contribution in [2.24, 2.45) is 4.99 Å². The molecule has 35 heavy (non-hydrogen) atoms. The highest BCUT2D eigenvalue weighted by Gasteiger charge is 2.40. The van der Waals surface area contributed by atoms with E-state index in [1.54, 1.807) is 24.3 Å². The molecule has 0 fully saturated rings. The number of benzene rings is 3. The van der Waals surface area contributed by atoms with Crippen molar-refractivity contribution < 1.29 is 13.2 Å². The fourth-order valence-electron chi connectivity index (χ4n) is 4.95. The highest BCUT2D eigenvalue weighted by molar-refractivity contribution is 8.16. The molecule has 0 spiro atoms. The molecule has 1 aliphatic carbocycles. The third kappa shape index (κ3) is 4.12. The molecule has 3 aromatic rings. The molecule has 6 rings (SSSR count). The van der Waals surface area contributed by atoms with Gasteiger partial charge < -0.3 is 4.90 Å². The molecule has 3 aliphatic rings. The van der Waals surface area contributed by atoms with Gasteiger partial charge >= 0.3 is 0 Å². The van der Waals surface area contributed by atoms with E-state index in [-0.39, 0.29) is 23.5 Å². The second kappa shape index (κ2) is 8.93. The van der Waals surface area contributed by atoms with Crippen LogP contribution in [-0.4, -0.2) is 10.1 Å². The van der Waals surface area contributed by atoms with Crippen molar-refractivity contribution in [2.45, 2.75) is 25.3 Å². The molecule has 0 amide bonds. The van der Waals surface area contributed by atoms with E-state index < -0.39 is 0 Å². The summed E-state index contributed by atoms with van der Waals surface area (Å²) in [5, 5.41) is 2.88. The third-order valence-electron chi connectivity index (χ3n) is 6.57. The maximum Gasteiger partial charge on any atom is 0.174 e. The van der Waals surface area contributed by atoms with Gasteiger partial charge in [-0.25, -0.2) is 18.2 Å². The molecule has 2 heterocycles. The van der Waals surface area contributed by atoms with Gasteiger partial charge in [0.05, 0.1) is 17.4 Å². The Morgan fingerprint density at radius 2 is 1.43 bits per heavy atom. The van der Waals surface area contributed by atoms with Crippen molar-refractivity contribution in [3.63, 3.8) is 0 Å². The molecule has 0 saturated heterocycles. The first-order valence-corrected chi connectivity index (χ1v) is 12.4. The Morgan fingerprint density at radius 3 is 2.11 bits per heavy atom. The normalized spacial score (nSPS) is 20.5. The van der Waals surface area contributed by atoms with E-state index in [2.05, 4.69) is 11.0 Å². The van der Waals surface area contributed by atoms with Crippen LogP contribution in [-0.2, 0) is 0 Å². The standard InChI is InChI=1S/C29H21F3N2S/c30-22-10-4-18(5-11-22)16-21-2-1-3-25-27(21)33-29-34(28(25)20-8-14-24(32)15-9-20)26(17-35-29)19-6-12-23(31)13-7-19/h4-17,28H,1-3H2/b21-16+/t28-/m1/s1. The number of hydrogen-bond donors (Lipinski definition) is 0. The van der Waals surface area contributed by atoms with Gasteiger partial charge in [-0.2, -0.15) is 0 Å². The van der Waals surface area contributed by atoms with Gasteiger partial charge in [0.25, 0.3) is 0 Å². The summed E-state index contributed by atoms with van der Waals surface area (Å²) >= 11 is 1.54. The van der Waals surface area contributed by atoms with Gasteiger partial charge in [0.2, 0.25) is 0 Å². The molecule has 2 nitrogen and oxygen atoms in total. The van der Waals surface area contributed by atoms with Crippen molar-refractivity contribution >= 4 is 28.7 Å². The number of amidine groups is 1. The maximum atomic E-state index is 13.8.